The normalized spacial score (nSPS) is 21.9. The van der Waals surface area contributed by atoms with Gasteiger partial charge in [-0.15, -0.1) is 0 Å². The molecule has 6 aromatic rings. The molecule has 2 saturated carbocycles. The lowest BCUT2D eigenvalue weighted by Gasteiger charge is -2.50. The minimum absolute atomic E-state index is 0.174. The molecule has 0 radical (unpaired) electrons. The number of nitrogens with zero attached hydrogens (tertiary/aromatic N) is 5. The molecule has 0 saturated heterocycles. The number of aromatic nitrogens is 4. The molecule has 0 N–H and O–H groups in total. The lowest BCUT2D eigenvalue weighted by Crippen LogP contribution is -2.42. The Labute approximate surface area is 280 Å². The average molecular weight is 630 g/mol. The van der Waals surface area contributed by atoms with Gasteiger partial charge in [-0.1, -0.05) is 68.4 Å². The fourth-order valence-corrected chi connectivity index (χ4v) is 8.75. The van der Waals surface area contributed by atoms with Gasteiger partial charge in [-0.25, -0.2) is 19.3 Å². The van der Waals surface area contributed by atoms with Gasteiger partial charge in [0.05, 0.1) is 11.6 Å². The van der Waals surface area contributed by atoms with Gasteiger partial charge < -0.3 is 0 Å². The van der Waals surface area contributed by atoms with E-state index in [4.69, 9.17) is 15.0 Å². The van der Waals surface area contributed by atoms with E-state index in [2.05, 4.69) is 43.1 Å². The van der Waals surface area contributed by atoms with Crippen molar-refractivity contribution in [3.8, 4) is 51.4 Å². The highest BCUT2D eigenvalue weighted by Crippen LogP contribution is 2.54. The van der Waals surface area contributed by atoms with Crippen molar-refractivity contribution in [2.75, 3.05) is 0 Å². The monoisotopic (exact) mass is 629 g/mol. The number of halogens is 1. The van der Waals surface area contributed by atoms with Crippen LogP contribution in [0, 0.1) is 34.9 Å². The molecule has 236 valence electrons. The summed E-state index contributed by atoms with van der Waals surface area (Å²) in [6, 6.07) is 31.3. The maximum Gasteiger partial charge on any atom is 0.164 e. The first-order valence-corrected chi connectivity index (χ1v) is 16.9. The minimum atomic E-state index is -0.319. The van der Waals surface area contributed by atoms with Crippen LogP contribution in [0.15, 0.2) is 103 Å². The first-order valence-electron chi connectivity index (χ1n) is 16.9. The second kappa shape index (κ2) is 12.1. The van der Waals surface area contributed by atoms with Crippen LogP contribution in [-0.4, -0.2) is 19.9 Å². The predicted octanol–water partition coefficient (Wildman–Crippen LogP) is 10.2. The smallest absolute Gasteiger partial charge is 0.164 e. The van der Waals surface area contributed by atoms with Crippen molar-refractivity contribution in [3.63, 3.8) is 0 Å². The van der Waals surface area contributed by atoms with Crippen molar-refractivity contribution in [1.29, 1.82) is 5.26 Å². The molecule has 0 spiro atoms. The van der Waals surface area contributed by atoms with Gasteiger partial charge in [0.1, 0.15) is 5.82 Å². The zero-order chi connectivity index (χ0) is 32.8. The van der Waals surface area contributed by atoms with E-state index in [1.165, 1.54) is 49.8 Å². The van der Waals surface area contributed by atoms with Gasteiger partial charge in [-0.05, 0) is 114 Å². The standard InChI is InChI=1S/C42H36FN5/c1-26-18-28-19-27(2)22-42(21-26,23-28)34-12-15-36(33(20-34)24-44)29-6-8-30(9-7-29)39-46-40(31-10-13-35(43)14-11-31)48-41(47-39)38-5-3-4-32-25-45-17-16-37(32)38/h3-17,20,25-28H,18-19,21-23H2,1-2H3/t26-,27+,28-,42?. The largest absolute Gasteiger partial charge is 0.264 e. The van der Waals surface area contributed by atoms with Gasteiger partial charge in [0.2, 0.25) is 0 Å². The summed E-state index contributed by atoms with van der Waals surface area (Å²) in [5, 5.41) is 12.3. The Balaban J connectivity index is 1.17. The van der Waals surface area contributed by atoms with E-state index < -0.39 is 0 Å². The summed E-state index contributed by atoms with van der Waals surface area (Å²) < 4.78 is 13.8. The molecule has 5 nitrogen and oxygen atoms in total. The highest BCUT2D eigenvalue weighted by Gasteiger charge is 2.45. The molecular formula is C42H36FN5. The summed E-state index contributed by atoms with van der Waals surface area (Å²) >= 11 is 0. The van der Waals surface area contributed by atoms with Crippen molar-refractivity contribution in [2.45, 2.75) is 51.4 Å². The maximum absolute atomic E-state index is 13.8. The number of benzene rings is 4. The van der Waals surface area contributed by atoms with Crippen LogP contribution in [-0.2, 0) is 5.41 Å². The third kappa shape index (κ3) is 5.54. The Morgan fingerprint density at radius 2 is 1.35 bits per heavy atom. The maximum atomic E-state index is 13.8. The highest BCUT2D eigenvalue weighted by atomic mass is 19.1. The van der Waals surface area contributed by atoms with Gasteiger partial charge in [-0.3, -0.25) is 4.98 Å². The Bertz CT molecular complexity index is 2160. The number of hydrogen-bond acceptors (Lipinski definition) is 5. The van der Waals surface area contributed by atoms with Gasteiger partial charge in [0.15, 0.2) is 17.5 Å². The molecule has 2 bridgehead atoms. The van der Waals surface area contributed by atoms with Crippen LogP contribution in [0.1, 0.15) is 57.1 Å². The van der Waals surface area contributed by atoms with Crippen molar-refractivity contribution in [3.05, 3.63) is 120 Å². The summed E-state index contributed by atoms with van der Waals surface area (Å²) in [5.74, 6) is 3.39. The SMILES string of the molecule is C[C@@H]1C[C@@H]2C[C@H](C)CC(c3ccc(-c4ccc(-c5nc(-c6ccc(F)cc6)nc(-c6cccc7cnccc67)n5)cc4)c(C#N)c3)(C1)C2. The van der Waals surface area contributed by atoms with Gasteiger partial charge in [0, 0.05) is 34.5 Å². The van der Waals surface area contributed by atoms with Crippen molar-refractivity contribution < 1.29 is 4.39 Å². The van der Waals surface area contributed by atoms with E-state index in [-0.39, 0.29) is 11.2 Å². The summed E-state index contributed by atoms with van der Waals surface area (Å²) in [7, 11) is 0. The van der Waals surface area contributed by atoms with Gasteiger partial charge in [0.25, 0.3) is 0 Å². The Morgan fingerprint density at radius 1 is 0.708 bits per heavy atom. The van der Waals surface area contributed by atoms with Crippen LogP contribution in [0.5, 0.6) is 0 Å². The second-order valence-corrected chi connectivity index (χ2v) is 14.1. The van der Waals surface area contributed by atoms with E-state index in [0.29, 0.717) is 40.4 Å². The fourth-order valence-electron chi connectivity index (χ4n) is 8.75. The number of fused-ring (bicyclic) bond motifs is 3. The number of rotatable bonds is 5. The Hall–Kier alpha value is -5.28. The summed E-state index contributed by atoms with van der Waals surface area (Å²) in [5.41, 5.74) is 6.51. The van der Waals surface area contributed by atoms with E-state index in [1.54, 1.807) is 18.3 Å². The predicted molar refractivity (Wildman–Crippen MR) is 188 cm³/mol. The first-order chi connectivity index (χ1) is 23.4. The zero-order valence-corrected chi connectivity index (χ0v) is 27.2. The van der Waals surface area contributed by atoms with Crippen LogP contribution < -0.4 is 0 Å². The molecule has 0 aliphatic heterocycles. The Kier molecular flexibility index (Phi) is 7.56. The molecule has 2 heterocycles. The van der Waals surface area contributed by atoms with Crippen molar-refractivity contribution in [1.82, 2.24) is 19.9 Å². The number of hydrogen-bond donors (Lipinski definition) is 0. The average Bonchev–Trinajstić information content (AvgIpc) is 3.10. The van der Waals surface area contributed by atoms with Crippen LogP contribution >= 0.6 is 0 Å². The molecule has 8 rings (SSSR count). The first kappa shape index (κ1) is 30.1. The molecule has 2 aromatic heterocycles. The fraction of sp³-hybridized carbons (Fsp3) is 0.262. The van der Waals surface area contributed by atoms with Crippen LogP contribution in [0.25, 0.3) is 56.1 Å². The Morgan fingerprint density at radius 3 is 2.04 bits per heavy atom. The van der Waals surface area contributed by atoms with Crippen molar-refractivity contribution in [2.24, 2.45) is 17.8 Å². The minimum Gasteiger partial charge on any atom is -0.264 e. The quantitative estimate of drug-likeness (QED) is 0.190. The summed E-state index contributed by atoms with van der Waals surface area (Å²) in [6.07, 6.45) is 9.89. The second-order valence-electron chi connectivity index (χ2n) is 14.1. The molecular weight excluding hydrogens is 593 g/mol. The summed E-state index contributed by atoms with van der Waals surface area (Å²) in [6.45, 7) is 4.80. The zero-order valence-electron chi connectivity index (χ0n) is 27.2. The topological polar surface area (TPSA) is 75.3 Å². The molecule has 2 aliphatic rings. The lowest BCUT2D eigenvalue weighted by molar-refractivity contribution is 0.0780. The molecule has 2 fully saturated rings. The van der Waals surface area contributed by atoms with Gasteiger partial charge >= 0.3 is 0 Å². The molecule has 1 unspecified atom stereocenters. The third-order valence-corrected chi connectivity index (χ3v) is 10.5. The van der Waals surface area contributed by atoms with E-state index >= 15 is 0 Å². The van der Waals surface area contributed by atoms with Crippen LogP contribution in [0.3, 0.4) is 0 Å². The van der Waals surface area contributed by atoms with E-state index in [1.807, 2.05) is 54.7 Å². The number of nitriles is 1. The van der Waals surface area contributed by atoms with Gasteiger partial charge in [-0.2, -0.15) is 5.26 Å². The molecule has 48 heavy (non-hydrogen) atoms. The molecule has 4 atom stereocenters. The number of pyridine rings is 1. The van der Waals surface area contributed by atoms with Crippen molar-refractivity contribution >= 4 is 10.8 Å². The third-order valence-electron chi connectivity index (χ3n) is 10.5. The molecule has 4 aromatic carbocycles. The molecule has 2 aliphatic carbocycles. The van der Waals surface area contributed by atoms with E-state index in [9.17, 15) is 9.65 Å². The van der Waals surface area contributed by atoms with Crippen LogP contribution in [0.4, 0.5) is 4.39 Å². The molecule has 6 heteroatoms. The summed E-state index contributed by atoms with van der Waals surface area (Å²) in [4.78, 5) is 18.9. The van der Waals surface area contributed by atoms with E-state index in [0.717, 1.165) is 38.9 Å². The van der Waals surface area contributed by atoms with Crippen LogP contribution in [0.2, 0.25) is 0 Å². The highest BCUT2D eigenvalue weighted by molar-refractivity contribution is 5.94. The lowest BCUT2D eigenvalue weighted by atomic mass is 9.54. The molecule has 0 amide bonds.